The largest absolute Gasteiger partial charge is 0.392 e. The predicted octanol–water partition coefficient (Wildman–Crippen LogP) is 1.60. The molecule has 2 atom stereocenters. The first-order valence-electron chi connectivity index (χ1n) is 10.00. The molecular weight excluding hydrogens is 328 g/mol. The van der Waals surface area contributed by atoms with Crippen molar-refractivity contribution >= 4 is 5.91 Å². The van der Waals surface area contributed by atoms with Crippen LogP contribution in [0.1, 0.15) is 43.6 Å². The van der Waals surface area contributed by atoms with E-state index in [1.165, 1.54) is 5.56 Å². The first-order chi connectivity index (χ1) is 12.6. The van der Waals surface area contributed by atoms with Crippen molar-refractivity contribution in [3.05, 3.63) is 35.9 Å². The Kier molecular flexibility index (Phi) is 5.04. The third kappa shape index (κ3) is 3.28. The summed E-state index contributed by atoms with van der Waals surface area (Å²) in [5.41, 5.74) is 1.07. The number of carbonyl (C=O) groups excluding carboxylic acids is 1. The van der Waals surface area contributed by atoms with Crippen molar-refractivity contribution in [2.24, 2.45) is 5.41 Å². The molecule has 1 aliphatic carbocycles. The number of amides is 1. The minimum atomic E-state index is -0.397. The Morgan fingerprint density at radius 1 is 1.00 bits per heavy atom. The highest BCUT2D eigenvalue weighted by Gasteiger charge is 2.55. The van der Waals surface area contributed by atoms with E-state index in [4.69, 9.17) is 0 Å². The van der Waals surface area contributed by atoms with E-state index in [1.807, 2.05) is 4.90 Å². The van der Waals surface area contributed by atoms with Gasteiger partial charge in [-0.1, -0.05) is 30.3 Å². The van der Waals surface area contributed by atoms with Crippen molar-refractivity contribution in [2.45, 2.75) is 50.2 Å². The summed E-state index contributed by atoms with van der Waals surface area (Å²) < 4.78 is 0. The van der Waals surface area contributed by atoms with Gasteiger partial charge in [-0.15, -0.1) is 0 Å². The van der Waals surface area contributed by atoms with Crippen LogP contribution in [0.25, 0.3) is 0 Å². The fourth-order valence-corrected chi connectivity index (χ4v) is 5.02. The Morgan fingerprint density at radius 3 is 2.19 bits per heavy atom. The number of aliphatic hydroxyl groups is 2. The highest BCUT2D eigenvalue weighted by atomic mass is 16.3. The molecule has 1 amide bonds. The zero-order chi connectivity index (χ0) is 18.1. The molecule has 1 aromatic carbocycles. The molecule has 1 spiro atoms. The summed E-state index contributed by atoms with van der Waals surface area (Å²) >= 11 is 0. The van der Waals surface area contributed by atoms with E-state index in [9.17, 15) is 15.0 Å². The number of hydrogen-bond donors (Lipinski definition) is 2. The van der Waals surface area contributed by atoms with Crippen LogP contribution in [-0.4, -0.2) is 70.9 Å². The molecular formula is C21H30N2O3. The highest BCUT2D eigenvalue weighted by Crippen LogP contribution is 2.49. The van der Waals surface area contributed by atoms with Crippen molar-refractivity contribution in [2.75, 3.05) is 32.7 Å². The number of nitrogens with zero attached hydrogens (tertiary/aromatic N) is 2. The lowest BCUT2D eigenvalue weighted by Crippen LogP contribution is -2.62. The molecule has 26 heavy (non-hydrogen) atoms. The molecule has 5 heteroatoms. The van der Waals surface area contributed by atoms with Gasteiger partial charge < -0.3 is 15.1 Å². The summed E-state index contributed by atoms with van der Waals surface area (Å²) in [4.78, 5) is 16.9. The predicted molar refractivity (Wildman–Crippen MR) is 99.7 cm³/mol. The van der Waals surface area contributed by atoms with Crippen molar-refractivity contribution in [3.8, 4) is 0 Å². The van der Waals surface area contributed by atoms with Crippen LogP contribution >= 0.6 is 0 Å². The second-order valence-electron chi connectivity index (χ2n) is 8.34. The second kappa shape index (κ2) is 7.29. The molecule has 2 N–H and O–H groups in total. The second-order valence-corrected chi connectivity index (χ2v) is 8.34. The lowest BCUT2D eigenvalue weighted by molar-refractivity contribution is -0.191. The normalized spacial score (nSPS) is 29.5. The molecule has 0 aromatic heterocycles. The van der Waals surface area contributed by atoms with Crippen LogP contribution in [0.15, 0.2) is 30.3 Å². The van der Waals surface area contributed by atoms with E-state index >= 15 is 0 Å². The molecule has 2 saturated heterocycles. The quantitative estimate of drug-likeness (QED) is 0.862. The average molecular weight is 358 g/mol. The van der Waals surface area contributed by atoms with Gasteiger partial charge in [0.2, 0.25) is 5.91 Å². The van der Waals surface area contributed by atoms with Crippen molar-refractivity contribution < 1.29 is 15.0 Å². The van der Waals surface area contributed by atoms with Crippen LogP contribution in [0.2, 0.25) is 0 Å². The van der Waals surface area contributed by atoms with Crippen LogP contribution in [0.5, 0.6) is 0 Å². The van der Waals surface area contributed by atoms with E-state index in [-0.39, 0.29) is 11.3 Å². The fraction of sp³-hybridized carbons (Fsp3) is 0.667. The van der Waals surface area contributed by atoms with Gasteiger partial charge in [-0.25, -0.2) is 0 Å². The van der Waals surface area contributed by atoms with E-state index in [2.05, 4.69) is 35.2 Å². The highest BCUT2D eigenvalue weighted by molar-refractivity contribution is 5.78. The molecule has 1 saturated carbocycles. The number of piperidine rings is 2. The number of hydrogen-bond acceptors (Lipinski definition) is 4. The number of rotatable bonds is 3. The van der Waals surface area contributed by atoms with Gasteiger partial charge in [0, 0.05) is 24.9 Å². The molecule has 142 valence electrons. The summed E-state index contributed by atoms with van der Waals surface area (Å²) in [6, 6.07) is 10.7. The number of benzene rings is 1. The summed E-state index contributed by atoms with van der Waals surface area (Å²) in [5.74, 6) is 0.806. The van der Waals surface area contributed by atoms with Crippen LogP contribution in [0, 0.1) is 5.41 Å². The van der Waals surface area contributed by atoms with E-state index in [1.54, 1.807) is 0 Å². The molecule has 4 rings (SSSR count). The summed E-state index contributed by atoms with van der Waals surface area (Å²) in [6.07, 6.45) is 3.36. The molecule has 3 aliphatic rings. The monoisotopic (exact) mass is 358 g/mol. The van der Waals surface area contributed by atoms with Crippen molar-refractivity contribution in [1.82, 2.24) is 9.80 Å². The Hall–Kier alpha value is -1.43. The Morgan fingerprint density at radius 2 is 1.62 bits per heavy atom. The SMILES string of the molecule is O=C(CN1CCC(c2ccccc2)CC1)N1CCC2(CC1)[C@H](O)C[C@@H]2O. The van der Waals surface area contributed by atoms with Gasteiger partial charge in [0.05, 0.1) is 18.8 Å². The van der Waals surface area contributed by atoms with Crippen LogP contribution in [0.4, 0.5) is 0 Å². The lowest BCUT2D eigenvalue weighted by atomic mass is 9.58. The summed E-state index contributed by atoms with van der Waals surface area (Å²) in [6.45, 7) is 3.77. The van der Waals surface area contributed by atoms with Gasteiger partial charge in [0.1, 0.15) is 0 Å². The van der Waals surface area contributed by atoms with Gasteiger partial charge in [-0.2, -0.15) is 0 Å². The van der Waals surface area contributed by atoms with Gasteiger partial charge >= 0.3 is 0 Å². The van der Waals surface area contributed by atoms with Gasteiger partial charge in [0.25, 0.3) is 0 Å². The Bertz CT molecular complexity index is 609. The molecule has 5 nitrogen and oxygen atoms in total. The Balaban J connectivity index is 1.24. The molecule has 1 aromatic rings. The van der Waals surface area contributed by atoms with Gasteiger partial charge in [-0.3, -0.25) is 9.69 Å². The maximum atomic E-state index is 12.7. The van der Waals surface area contributed by atoms with Gasteiger partial charge in [0.15, 0.2) is 0 Å². The van der Waals surface area contributed by atoms with Gasteiger partial charge in [-0.05, 0) is 50.3 Å². The zero-order valence-electron chi connectivity index (χ0n) is 15.4. The van der Waals surface area contributed by atoms with E-state index in [0.717, 1.165) is 38.8 Å². The topological polar surface area (TPSA) is 64.0 Å². The molecule has 2 heterocycles. The first kappa shape index (κ1) is 18.0. The number of carbonyl (C=O) groups is 1. The third-order valence-corrected chi connectivity index (χ3v) is 7.04. The molecule has 3 fully saturated rings. The van der Waals surface area contributed by atoms with Crippen LogP contribution < -0.4 is 0 Å². The fourth-order valence-electron chi connectivity index (χ4n) is 5.02. The zero-order valence-corrected chi connectivity index (χ0v) is 15.4. The van der Waals surface area contributed by atoms with Crippen molar-refractivity contribution in [1.29, 1.82) is 0 Å². The third-order valence-electron chi connectivity index (χ3n) is 7.04. The lowest BCUT2D eigenvalue weighted by Gasteiger charge is -2.55. The standard InChI is InChI=1S/C21H30N2O3/c24-18-14-19(25)21(18)8-12-23(13-9-21)20(26)15-22-10-6-17(7-11-22)16-4-2-1-3-5-16/h1-5,17-19,24-25H,6-15H2/t18-,19+. The molecule has 0 unspecified atom stereocenters. The Labute approximate surface area is 155 Å². The molecule has 2 aliphatic heterocycles. The number of likely N-dealkylation sites (tertiary alicyclic amines) is 2. The molecule has 0 bridgehead atoms. The minimum absolute atomic E-state index is 0.196. The van der Waals surface area contributed by atoms with E-state index < -0.39 is 12.2 Å². The van der Waals surface area contributed by atoms with E-state index in [0.29, 0.717) is 32.0 Å². The maximum Gasteiger partial charge on any atom is 0.236 e. The minimum Gasteiger partial charge on any atom is -0.392 e. The number of aliphatic hydroxyl groups excluding tert-OH is 2. The molecule has 0 radical (unpaired) electrons. The smallest absolute Gasteiger partial charge is 0.236 e. The summed E-state index contributed by atoms with van der Waals surface area (Å²) in [5, 5.41) is 20.1. The summed E-state index contributed by atoms with van der Waals surface area (Å²) in [7, 11) is 0. The first-order valence-corrected chi connectivity index (χ1v) is 10.00. The van der Waals surface area contributed by atoms with Crippen molar-refractivity contribution in [3.63, 3.8) is 0 Å². The average Bonchev–Trinajstić information content (AvgIpc) is 2.69. The van der Waals surface area contributed by atoms with Crippen LogP contribution in [0.3, 0.4) is 0 Å². The maximum absolute atomic E-state index is 12.7. The van der Waals surface area contributed by atoms with Crippen LogP contribution in [-0.2, 0) is 4.79 Å².